The van der Waals surface area contributed by atoms with E-state index in [0.717, 1.165) is 6.07 Å². The first-order valence-corrected chi connectivity index (χ1v) is 6.54. The Bertz CT molecular complexity index is 729. The maximum Gasteiger partial charge on any atom is 0.337 e. The normalized spacial score (nSPS) is 10.1. The van der Waals surface area contributed by atoms with Crippen molar-refractivity contribution in [1.29, 1.82) is 0 Å². The molecular formula is C14H10BrNO5. The van der Waals surface area contributed by atoms with Crippen molar-refractivity contribution in [2.75, 3.05) is 5.32 Å². The van der Waals surface area contributed by atoms with Crippen molar-refractivity contribution in [2.45, 2.75) is 0 Å². The van der Waals surface area contributed by atoms with E-state index in [1.165, 1.54) is 30.3 Å². The third-order valence-corrected chi connectivity index (χ3v) is 3.36. The first-order chi connectivity index (χ1) is 9.88. The highest BCUT2D eigenvalue weighted by Crippen LogP contribution is 2.26. The molecule has 4 N–H and O–H groups in total. The van der Waals surface area contributed by atoms with Gasteiger partial charge in [-0.25, -0.2) is 4.79 Å². The lowest BCUT2D eigenvalue weighted by Crippen LogP contribution is -2.14. The van der Waals surface area contributed by atoms with Crippen LogP contribution in [0.4, 0.5) is 5.69 Å². The van der Waals surface area contributed by atoms with Gasteiger partial charge in [-0.05, 0) is 52.3 Å². The predicted molar refractivity (Wildman–Crippen MR) is 78.8 cm³/mol. The minimum atomic E-state index is -1.28. The summed E-state index contributed by atoms with van der Waals surface area (Å²) in [6.07, 6.45) is 0. The van der Waals surface area contributed by atoms with E-state index in [9.17, 15) is 19.8 Å². The fourth-order valence-electron chi connectivity index (χ4n) is 1.67. The van der Waals surface area contributed by atoms with Crippen LogP contribution in [0.3, 0.4) is 0 Å². The van der Waals surface area contributed by atoms with Gasteiger partial charge in [0.2, 0.25) is 0 Å². The molecule has 0 aliphatic rings. The predicted octanol–water partition coefficient (Wildman–Crippen LogP) is 2.81. The number of phenols is 2. The first-order valence-electron chi connectivity index (χ1n) is 5.74. The monoisotopic (exact) mass is 351 g/mol. The molecule has 2 rings (SSSR count). The maximum atomic E-state index is 12.0. The molecule has 1 amide bonds. The molecule has 2 aromatic carbocycles. The molecule has 7 heteroatoms. The number of phenolic OH excluding ortho intramolecular Hbond substituents is 2. The Morgan fingerprint density at radius 1 is 1.05 bits per heavy atom. The van der Waals surface area contributed by atoms with Crippen LogP contribution in [-0.4, -0.2) is 27.2 Å². The van der Waals surface area contributed by atoms with E-state index in [1.54, 1.807) is 0 Å². The van der Waals surface area contributed by atoms with Gasteiger partial charge in [0.1, 0.15) is 11.5 Å². The molecule has 21 heavy (non-hydrogen) atoms. The molecule has 2 aromatic rings. The summed E-state index contributed by atoms with van der Waals surface area (Å²) in [6.45, 7) is 0. The van der Waals surface area contributed by atoms with Crippen LogP contribution in [0.5, 0.6) is 11.5 Å². The molecule has 0 saturated heterocycles. The van der Waals surface area contributed by atoms with Crippen LogP contribution >= 0.6 is 15.9 Å². The Kier molecular flexibility index (Phi) is 4.13. The lowest BCUT2D eigenvalue weighted by molar-refractivity contribution is 0.0697. The van der Waals surface area contributed by atoms with Crippen molar-refractivity contribution >= 4 is 33.5 Å². The van der Waals surface area contributed by atoms with Gasteiger partial charge < -0.3 is 20.6 Å². The second-order valence-corrected chi connectivity index (χ2v) is 5.01. The largest absolute Gasteiger partial charge is 0.508 e. The number of hydrogen-bond acceptors (Lipinski definition) is 4. The SMILES string of the molecule is O=C(Nc1ccc(O)cc1C(=O)O)c1ccc(Br)c(O)c1. The highest BCUT2D eigenvalue weighted by molar-refractivity contribution is 9.10. The molecule has 0 aliphatic heterocycles. The van der Waals surface area contributed by atoms with Crippen molar-refractivity contribution in [3.8, 4) is 11.5 Å². The van der Waals surface area contributed by atoms with Gasteiger partial charge in [-0.3, -0.25) is 4.79 Å². The first kappa shape index (κ1) is 14.9. The number of hydrogen-bond donors (Lipinski definition) is 4. The third-order valence-electron chi connectivity index (χ3n) is 2.69. The van der Waals surface area contributed by atoms with Crippen molar-refractivity contribution in [3.05, 3.63) is 52.0 Å². The molecule has 0 fully saturated rings. The molecule has 0 heterocycles. The number of nitrogens with one attached hydrogen (secondary N) is 1. The third kappa shape index (κ3) is 3.32. The van der Waals surface area contributed by atoms with Crippen molar-refractivity contribution in [1.82, 2.24) is 0 Å². The zero-order chi connectivity index (χ0) is 15.6. The lowest BCUT2D eigenvalue weighted by Gasteiger charge is -2.09. The number of carboxylic acids is 1. The fourth-order valence-corrected chi connectivity index (χ4v) is 1.91. The van der Waals surface area contributed by atoms with E-state index in [0.29, 0.717) is 4.47 Å². The molecule has 0 aromatic heterocycles. The number of rotatable bonds is 3. The Morgan fingerprint density at radius 2 is 1.76 bits per heavy atom. The summed E-state index contributed by atoms with van der Waals surface area (Å²) >= 11 is 3.10. The summed E-state index contributed by atoms with van der Waals surface area (Å²) < 4.78 is 0.440. The van der Waals surface area contributed by atoms with Gasteiger partial charge in [-0.1, -0.05) is 0 Å². The molecular weight excluding hydrogens is 342 g/mol. The molecule has 0 aliphatic carbocycles. The quantitative estimate of drug-likeness (QED) is 0.636. The van der Waals surface area contributed by atoms with Gasteiger partial charge in [-0.2, -0.15) is 0 Å². The second kappa shape index (κ2) is 5.84. The summed E-state index contributed by atoms with van der Waals surface area (Å²) in [6, 6.07) is 7.81. The molecule has 0 atom stereocenters. The number of carbonyl (C=O) groups is 2. The van der Waals surface area contributed by atoms with Gasteiger partial charge in [0, 0.05) is 5.56 Å². The average Bonchev–Trinajstić information content (AvgIpc) is 2.43. The minimum absolute atomic E-state index is 0.0488. The van der Waals surface area contributed by atoms with Gasteiger partial charge in [0.25, 0.3) is 5.91 Å². The van der Waals surface area contributed by atoms with Crippen LogP contribution in [0.1, 0.15) is 20.7 Å². The standard InChI is InChI=1S/C14H10BrNO5/c15-10-3-1-7(5-12(10)18)13(19)16-11-4-2-8(17)6-9(11)14(20)21/h1-6,17-18H,(H,16,19)(H,20,21). The molecule has 6 nitrogen and oxygen atoms in total. The van der Waals surface area contributed by atoms with Crippen LogP contribution in [-0.2, 0) is 0 Å². The smallest absolute Gasteiger partial charge is 0.337 e. The number of benzene rings is 2. The van der Waals surface area contributed by atoms with Gasteiger partial charge in [0.15, 0.2) is 0 Å². The van der Waals surface area contributed by atoms with Crippen molar-refractivity contribution < 1.29 is 24.9 Å². The zero-order valence-corrected chi connectivity index (χ0v) is 12.1. The van der Waals surface area contributed by atoms with Crippen molar-refractivity contribution in [2.24, 2.45) is 0 Å². The van der Waals surface area contributed by atoms with Gasteiger partial charge in [0.05, 0.1) is 15.7 Å². The number of amides is 1. The Balaban J connectivity index is 2.31. The number of carboxylic acid groups (broad SMARTS) is 1. The average molecular weight is 352 g/mol. The van der Waals surface area contributed by atoms with Crippen LogP contribution < -0.4 is 5.32 Å². The Morgan fingerprint density at radius 3 is 2.38 bits per heavy atom. The number of carbonyl (C=O) groups excluding carboxylic acids is 1. The fraction of sp³-hybridized carbons (Fsp3) is 0. The summed E-state index contributed by atoms with van der Waals surface area (Å²) in [4.78, 5) is 23.1. The number of aromatic carboxylic acids is 1. The summed E-state index contributed by atoms with van der Waals surface area (Å²) in [5.41, 5.74) is -0.0162. The summed E-state index contributed by atoms with van der Waals surface area (Å²) in [5, 5.41) is 30.3. The minimum Gasteiger partial charge on any atom is -0.508 e. The topological polar surface area (TPSA) is 107 Å². The lowest BCUT2D eigenvalue weighted by atomic mass is 10.1. The number of aromatic hydroxyl groups is 2. The van der Waals surface area contributed by atoms with E-state index in [1.807, 2.05) is 0 Å². The summed E-state index contributed by atoms with van der Waals surface area (Å²) in [5.74, 6) is -2.18. The molecule has 0 saturated carbocycles. The van der Waals surface area contributed by atoms with E-state index in [4.69, 9.17) is 5.11 Å². The number of halogens is 1. The van der Waals surface area contributed by atoms with Crippen LogP contribution in [0.15, 0.2) is 40.9 Å². The molecule has 0 unspecified atom stereocenters. The van der Waals surface area contributed by atoms with E-state index >= 15 is 0 Å². The van der Waals surface area contributed by atoms with Crippen LogP contribution in [0.2, 0.25) is 0 Å². The highest BCUT2D eigenvalue weighted by atomic mass is 79.9. The van der Waals surface area contributed by atoms with E-state index in [-0.39, 0.29) is 28.3 Å². The Labute approximate surface area is 127 Å². The van der Waals surface area contributed by atoms with Crippen LogP contribution in [0.25, 0.3) is 0 Å². The maximum absolute atomic E-state index is 12.0. The molecule has 0 bridgehead atoms. The molecule has 0 radical (unpaired) electrons. The van der Waals surface area contributed by atoms with Gasteiger partial charge in [-0.15, -0.1) is 0 Å². The van der Waals surface area contributed by atoms with Crippen molar-refractivity contribution in [3.63, 3.8) is 0 Å². The Hall–Kier alpha value is -2.54. The number of anilines is 1. The van der Waals surface area contributed by atoms with Gasteiger partial charge >= 0.3 is 5.97 Å². The van der Waals surface area contributed by atoms with E-state index < -0.39 is 11.9 Å². The van der Waals surface area contributed by atoms with E-state index in [2.05, 4.69) is 21.2 Å². The molecule has 108 valence electrons. The second-order valence-electron chi connectivity index (χ2n) is 4.16. The molecule has 0 spiro atoms. The van der Waals surface area contributed by atoms with Crippen LogP contribution in [0, 0.1) is 0 Å². The highest BCUT2D eigenvalue weighted by Gasteiger charge is 2.15. The summed E-state index contributed by atoms with van der Waals surface area (Å²) in [7, 11) is 0. The zero-order valence-electron chi connectivity index (χ0n) is 10.5.